The van der Waals surface area contributed by atoms with E-state index in [1.54, 1.807) is 18.2 Å². The molecule has 0 unspecified atom stereocenters. The summed E-state index contributed by atoms with van der Waals surface area (Å²) < 4.78 is 27.5. The monoisotopic (exact) mass is 333 g/mol. The number of benzene rings is 1. The van der Waals surface area contributed by atoms with E-state index in [0.29, 0.717) is 11.3 Å². The molecule has 3 rings (SSSR count). The number of aryl methyl sites for hydroxylation is 2. The highest BCUT2D eigenvalue weighted by atomic mass is 32.2. The number of H-pyrrole nitrogens is 1. The topological polar surface area (TPSA) is 83.9 Å². The fraction of sp³-hybridized carbons (Fsp3) is 0.333. The van der Waals surface area contributed by atoms with Gasteiger partial charge in [-0.05, 0) is 38.1 Å². The molecule has 7 nitrogen and oxygen atoms in total. The lowest BCUT2D eigenvalue weighted by Crippen LogP contribution is -2.22. The Morgan fingerprint density at radius 3 is 2.65 bits per heavy atom. The van der Waals surface area contributed by atoms with Crippen molar-refractivity contribution in [3.63, 3.8) is 0 Å². The second-order valence-electron chi connectivity index (χ2n) is 5.54. The van der Waals surface area contributed by atoms with Gasteiger partial charge in [0.1, 0.15) is 5.69 Å². The van der Waals surface area contributed by atoms with E-state index in [4.69, 9.17) is 0 Å². The molecule has 0 atom stereocenters. The van der Waals surface area contributed by atoms with E-state index < -0.39 is 10.0 Å². The van der Waals surface area contributed by atoms with Crippen LogP contribution in [0.1, 0.15) is 12.6 Å². The quantitative estimate of drug-likeness (QED) is 0.791. The van der Waals surface area contributed by atoms with Gasteiger partial charge >= 0.3 is 0 Å². The second kappa shape index (κ2) is 5.47. The first kappa shape index (κ1) is 15.7. The average molecular weight is 333 g/mol. The maximum atomic E-state index is 12.2. The zero-order valence-corrected chi connectivity index (χ0v) is 14.3. The van der Waals surface area contributed by atoms with Crippen LogP contribution in [0, 0.1) is 6.92 Å². The Bertz CT molecular complexity index is 969. The molecule has 0 saturated heterocycles. The molecule has 1 aromatic carbocycles. The molecule has 0 radical (unpaired) electrons. The van der Waals surface area contributed by atoms with Crippen LogP contribution in [0.4, 0.5) is 0 Å². The minimum Gasteiger partial charge on any atom is -0.337 e. The number of aromatic amines is 1. The van der Waals surface area contributed by atoms with E-state index in [1.807, 2.05) is 24.6 Å². The Morgan fingerprint density at radius 1 is 1.26 bits per heavy atom. The van der Waals surface area contributed by atoms with Crippen molar-refractivity contribution in [3.05, 3.63) is 30.0 Å². The Hall–Kier alpha value is -2.19. The number of sulfonamides is 1. The standard InChI is InChI=1S/C15H19N5O2S/c1-5-20-14(8-10(2)18-20)15-16-12-7-6-11(9-13(12)17-15)23(21,22)19(3)4/h6-9H,5H2,1-4H3,(H,16,17). The molecule has 0 fully saturated rings. The summed E-state index contributed by atoms with van der Waals surface area (Å²) >= 11 is 0. The largest absolute Gasteiger partial charge is 0.337 e. The van der Waals surface area contributed by atoms with Crippen molar-refractivity contribution in [1.82, 2.24) is 24.1 Å². The minimum atomic E-state index is -3.46. The van der Waals surface area contributed by atoms with Gasteiger partial charge in [0.05, 0.1) is 21.6 Å². The Morgan fingerprint density at radius 2 is 2.00 bits per heavy atom. The number of nitrogens with one attached hydrogen (secondary N) is 1. The van der Waals surface area contributed by atoms with Crippen LogP contribution in [0.2, 0.25) is 0 Å². The van der Waals surface area contributed by atoms with Gasteiger partial charge in [-0.25, -0.2) is 17.7 Å². The van der Waals surface area contributed by atoms with E-state index >= 15 is 0 Å². The molecule has 0 bridgehead atoms. The molecule has 0 saturated carbocycles. The summed E-state index contributed by atoms with van der Waals surface area (Å²) in [7, 11) is -0.436. The van der Waals surface area contributed by atoms with E-state index in [2.05, 4.69) is 15.1 Å². The molecular formula is C15H19N5O2S. The van der Waals surface area contributed by atoms with Gasteiger partial charge in [-0.2, -0.15) is 5.10 Å². The normalized spacial score (nSPS) is 12.4. The number of imidazole rings is 1. The summed E-state index contributed by atoms with van der Waals surface area (Å²) in [6, 6.07) is 6.86. The molecule has 2 heterocycles. The van der Waals surface area contributed by atoms with Crippen LogP contribution < -0.4 is 0 Å². The molecule has 2 aromatic heterocycles. The molecule has 0 aliphatic rings. The number of nitrogens with zero attached hydrogens (tertiary/aromatic N) is 4. The first-order valence-electron chi connectivity index (χ1n) is 7.30. The summed E-state index contributed by atoms with van der Waals surface area (Å²) in [4.78, 5) is 7.99. The van der Waals surface area contributed by atoms with Gasteiger partial charge in [0.2, 0.25) is 10.0 Å². The van der Waals surface area contributed by atoms with Crippen LogP contribution in [0.3, 0.4) is 0 Å². The summed E-state index contributed by atoms with van der Waals surface area (Å²) in [6.07, 6.45) is 0. The molecule has 0 aliphatic heterocycles. The van der Waals surface area contributed by atoms with E-state index in [0.717, 1.165) is 23.4 Å². The van der Waals surface area contributed by atoms with Gasteiger partial charge in [0, 0.05) is 20.6 Å². The van der Waals surface area contributed by atoms with Crippen molar-refractivity contribution >= 4 is 21.1 Å². The average Bonchev–Trinajstić information content (AvgIpc) is 3.08. The van der Waals surface area contributed by atoms with Crippen molar-refractivity contribution in [1.29, 1.82) is 0 Å². The lowest BCUT2D eigenvalue weighted by molar-refractivity contribution is 0.521. The summed E-state index contributed by atoms with van der Waals surface area (Å²) in [5.74, 6) is 0.682. The van der Waals surface area contributed by atoms with Gasteiger partial charge < -0.3 is 4.98 Å². The minimum absolute atomic E-state index is 0.241. The summed E-state index contributed by atoms with van der Waals surface area (Å²) in [5.41, 5.74) is 3.21. The van der Waals surface area contributed by atoms with Gasteiger partial charge in [0.25, 0.3) is 0 Å². The fourth-order valence-corrected chi connectivity index (χ4v) is 3.39. The molecule has 1 N–H and O–H groups in total. The van der Waals surface area contributed by atoms with Crippen molar-refractivity contribution < 1.29 is 8.42 Å². The highest BCUT2D eigenvalue weighted by Crippen LogP contribution is 2.24. The van der Waals surface area contributed by atoms with Gasteiger partial charge in [0.15, 0.2) is 5.82 Å². The zero-order valence-electron chi connectivity index (χ0n) is 13.5. The number of hydrogen-bond acceptors (Lipinski definition) is 4. The molecular weight excluding hydrogens is 314 g/mol. The first-order valence-corrected chi connectivity index (χ1v) is 8.74. The van der Waals surface area contributed by atoms with Crippen LogP contribution in [0.5, 0.6) is 0 Å². The number of hydrogen-bond donors (Lipinski definition) is 1. The highest BCUT2D eigenvalue weighted by molar-refractivity contribution is 7.89. The summed E-state index contributed by atoms with van der Waals surface area (Å²) in [6.45, 7) is 4.68. The molecule has 8 heteroatoms. The predicted molar refractivity (Wildman–Crippen MR) is 88.6 cm³/mol. The Kier molecular flexibility index (Phi) is 3.73. The third-order valence-electron chi connectivity index (χ3n) is 3.68. The van der Waals surface area contributed by atoms with Crippen molar-refractivity contribution in [3.8, 4) is 11.5 Å². The third-order valence-corrected chi connectivity index (χ3v) is 5.49. The molecule has 0 aliphatic carbocycles. The van der Waals surface area contributed by atoms with E-state index in [9.17, 15) is 8.42 Å². The van der Waals surface area contributed by atoms with Gasteiger partial charge in [-0.3, -0.25) is 4.68 Å². The zero-order chi connectivity index (χ0) is 16.8. The highest BCUT2D eigenvalue weighted by Gasteiger charge is 2.19. The van der Waals surface area contributed by atoms with E-state index in [-0.39, 0.29) is 4.90 Å². The Balaban J connectivity index is 2.13. The lowest BCUT2D eigenvalue weighted by atomic mass is 10.3. The number of fused-ring (bicyclic) bond motifs is 1. The lowest BCUT2D eigenvalue weighted by Gasteiger charge is -2.10. The smallest absolute Gasteiger partial charge is 0.242 e. The van der Waals surface area contributed by atoms with Crippen molar-refractivity contribution in [2.24, 2.45) is 0 Å². The van der Waals surface area contributed by atoms with Gasteiger partial charge in [-0.1, -0.05) is 0 Å². The fourth-order valence-electron chi connectivity index (χ4n) is 2.46. The molecule has 3 aromatic rings. The summed E-state index contributed by atoms with van der Waals surface area (Å²) in [5, 5.41) is 4.41. The van der Waals surface area contributed by atoms with Gasteiger partial charge in [-0.15, -0.1) is 0 Å². The molecule has 0 amide bonds. The second-order valence-corrected chi connectivity index (χ2v) is 7.69. The maximum absolute atomic E-state index is 12.2. The van der Waals surface area contributed by atoms with Crippen molar-refractivity contribution in [2.45, 2.75) is 25.3 Å². The van der Waals surface area contributed by atoms with Crippen molar-refractivity contribution in [2.75, 3.05) is 14.1 Å². The van der Waals surface area contributed by atoms with E-state index in [1.165, 1.54) is 18.4 Å². The number of aromatic nitrogens is 4. The van der Waals surface area contributed by atoms with Crippen LogP contribution in [-0.2, 0) is 16.6 Å². The van der Waals surface area contributed by atoms with Crippen LogP contribution in [-0.4, -0.2) is 46.6 Å². The van der Waals surface area contributed by atoms with Crippen LogP contribution in [0.25, 0.3) is 22.6 Å². The molecule has 0 spiro atoms. The van der Waals surface area contributed by atoms with Crippen LogP contribution >= 0.6 is 0 Å². The maximum Gasteiger partial charge on any atom is 0.242 e. The Labute approximate surface area is 135 Å². The SMILES string of the molecule is CCn1nc(C)cc1-c1nc2ccc(S(=O)(=O)N(C)C)cc2[nH]1. The third kappa shape index (κ3) is 2.64. The predicted octanol–water partition coefficient (Wildman–Crippen LogP) is 2.01. The first-order chi connectivity index (χ1) is 10.8. The van der Waals surface area contributed by atoms with Crippen LogP contribution in [0.15, 0.2) is 29.2 Å². The molecule has 23 heavy (non-hydrogen) atoms. The molecule has 122 valence electrons. The number of rotatable bonds is 4.